The monoisotopic (exact) mass is 460 g/mol. The van der Waals surface area contributed by atoms with Gasteiger partial charge in [0, 0.05) is 24.7 Å². The van der Waals surface area contributed by atoms with Crippen molar-refractivity contribution in [3.05, 3.63) is 45.9 Å². The summed E-state index contributed by atoms with van der Waals surface area (Å²) >= 11 is 1.74. The molecule has 0 saturated heterocycles. The van der Waals surface area contributed by atoms with Gasteiger partial charge >= 0.3 is 0 Å². The average Bonchev–Trinajstić information content (AvgIpc) is 3.06. The molecule has 0 bridgehead atoms. The SMILES string of the molecule is CCc1cnc(CNC(=NC)NCCc2ccccc2OC)s1.I. The van der Waals surface area contributed by atoms with E-state index in [1.165, 1.54) is 10.4 Å². The third kappa shape index (κ3) is 6.27. The summed E-state index contributed by atoms with van der Waals surface area (Å²) in [7, 11) is 3.48. The first kappa shape index (κ1) is 20.7. The Balaban J connectivity index is 0.00000288. The van der Waals surface area contributed by atoms with Crippen molar-refractivity contribution in [2.24, 2.45) is 4.99 Å². The Labute approximate surface area is 165 Å². The Kier molecular flexibility index (Phi) is 9.70. The Morgan fingerprint density at radius 2 is 2.08 bits per heavy atom. The van der Waals surface area contributed by atoms with E-state index in [2.05, 4.69) is 33.6 Å². The van der Waals surface area contributed by atoms with E-state index in [1.807, 2.05) is 24.4 Å². The lowest BCUT2D eigenvalue weighted by atomic mass is 10.1. The van der Waals surface area contributed by atoms with Crippen molar-refractivity contribution in [1.29, 1.82) is 0 Å². The number of methoxy groups -OCH3 is 1. The molecule has 2 aromatic rings. The molecule has 0 amide bonds. The van der Waals surface area contributed by atoms with Crippen molar-refractivity contribution in [3.63, 3.8) is 0 Å². The van der Waals surface area contributed by atoms with Crippen LogP contribution in [0.25, 0.3) is 0 Å². The quantitative estimate of drug-likeness (QED) is 0.379. The zero-order valence-corrected chi connectivity index (χ0v) is 17.5. The summed E-state index contributed by atoms with van der Waals surface area (Å²) in [6.45, 7) is 3.63. The van der Waals surface area contributed by atoms with E-state index in [4.69, 9.17) is 4.74 Å². The van der Waals surface area contributed by atoms with Crippen LogP contribution in [0.15, 0.2) is 35.5 Å². The Morgan fingerprint density at radius 3 is 2.75 bits per heavy atom. The smallest absolute Gasteiger partial charge is 0.191 e. The van der Waals surface area contributed by atoms with Crippen molar-refractivity contribution in [1.82, 2.24) is 15.6 Å². The van der Waals surface area contributed by atoms with Gasteiger partial charge in [0.1, 0.15) is 10.8 Å². The second-order valence-corrected chi connectivity index (χ2v) is 6.19. The van der Waals surface area contributed by atoms with Gasteiger partial charge < -0.3 is 15.4 Å². The lowest BCUT2D eigenvalue weighted by Gasteiger charge is -2.12. The molecular weight excluding hydrogens is 435 g/mol. The molecule has 0 atom stereocenters. The fourth-order valence-corrected chi connectivity index (χ4v) is 3.00. The van der Waals surface area contributed by atoms with Crippen LogP contribution in [0.5, 0.6) is 5.75 Å². The zero-order valence-electron chi connectivity index (χ0n) is 14.3. The predicted octanol–water partition coefficient (Wildman–Crippen LogP) is 3.24. The van der Waals surface area contributed by atoms with E-state index < -0.39 is 0 Å². The normalized spacial score (nSPS) is 10.9. The van der Waals surface area contributed by atoms with Gasteiger partial charge in [0.25, 0.3) is 0 Å². The number of aromatic nitrogens is 1. The van der Waals surface area contributed by atoms with Crippen LogP contribution in [0.3, 0.4) is 0 Å². The minimum Gasteiger partial charge on any atom is -0.496 e. The highest BCUT2D eigenvalue weighted by molar-refractivity contribution is 14.0. The fourth-order valence-electron chi connectivity index (χ4n) is 2.20. The van der Waals surface area contributed by atoms with Gasteiger partial charge in [0.15, 0.2) is 5.96 Å². The molecule has 0 spiro atoms. The third-order valence-corrected chi connectivity index (χ3v) is 4.60. The van der Waals surface area contributed by atoms with Crippen LogP contribution in [-0.4, -0.2) is 31.6 Å². The number of hydrogen-bond donors (Lipinski definition) is 2. The summed E-state index contributed by atoms with van der Waals surface area (Å²) in [5.74, 6) is 1.71. The van der Waals surface area contributed by atoms with E-state index in [9.17, 15) is 0 Å². The van der Waals surface area contributed by atoms with E-state index >= 15 is 0 Å². The highest BCUT2D eigenvalue weighted by Gasteiger charge is 2.04. The summed E-state index contributed by atoms with van der Waals surface area (Å²) in [6, 6.07) is 8.07. The lowest BCUT2D eigenvalue weighted by molar-refractivity contribution is 0.409. The fraction of sp³-hybridized carbons (Fsp3) is 0.412. The average molecular weight is 460 g/mol. The van der Waals surface area contributed by atoms with Crippen LogP contribution >= 0.6 is 35.3 Å². The van der Waals surface area contributed by atoms with Crippen molar-refractivity contribution in [2.75, 3.05) is 20.7 Å². The van der Waals surface area contributed by atoms with Crippen LogP contribution in [0, 0.1) is 0 Å². The molecule has 1 aromatic carbocycles. The molecule has 0 fully saturated rings. The number of aliphatic imine (C=N–C) groups is 1. The first-order valence-electron chi connectivity index (χ1n) is 7.76. The molecule has 2 rings (SSSR count). The number of benzene rings is 1. The van der Waals surface area contributed by atoms with Crippen molar-refractivity contribution in [3.8, 4) is 5.75 Å². The molecule has 7 heteroatoms. The summed E-state index contributed by atoms with van der Waals surface area (Å²) in [5, 5.41) is 7.69. The molecule has 1 heterocycles. The minimum atomic E-state index is 0. The Bertz CT molecular complexity index is 645. The maximum absolute atomic E-state index is 5.37. The molecule has 0 unspecified atom stereocenters. The van der Waals surface area contributed by atoms with Gasteiger partial charge in [-0.2, -0.15) is 0 Å². The molecule has 2 N–H and O–H groups in total. The molecule has 0 aliphatic rings. The predicted molar refractivity (Wildman–Crippen MR) is 112 cm³/mol. The number of aryl methyl sites for hydroxylation is 1. The Morgan fingerprint density at radius 1 is 1.29 bits per heavy atom. The van der Waals surface area contributed by atoms with Gasteiger partial charge in [-0.25, -0.2) is 4.98 Å². The molecule has 132 valence electrons. The number of rotatable bonds is 7. The van der Waals surface area contributed by atoms with Gasteiger partial charge in [-0.05, 0) is 24.5 Å². The molecule has 0 aliphatic carbocycles. The maximum atomic E-state index is 5.37. The van der Waals surface area contributed by atoms with Crippen molar-refractivity contribution >= 4 is 41.3 Å². The standard InChI is InChI=1S/C17H24N4OS.HI/c1-4-14-11-20-16(23-14)12-21-17(18-2)19-10-9-13-7-5-6-8-15(13)22-3;/h5-8,11H,4,9-10,12H2,1-3H3,(H2,18,19,21);1H. The van der Waals surface area contributed by atoms with Crippen molar-refractivity contribution in [2.45, 2.75) is 26.3 Å². The third-order valence-electron chi connectivity index (χ3n) is 3.46. The number of nitrogens with zero attached hydrogens (tertiary/aromatic N) is 2. The van der Waals surface area contributed by atoms with E-state index in [0.29, 0.717) is 6.54 Å². The largest absolute Gasteiger partial charge is 0.496 e. The molecular formula is C17H25IN4OS. The number of hydrogen-bond acceptors (Lipinski definition) is 4. The number of halogens is 1. The molecule has 0 saturated carbocycles. The van der Waals surface area contributed by atoms with Gasteiger partial charge in [-0.1, -0.05) is 25.1 Å². The Hall–Kier alpha value is -1.35. The van der Waals surface area contributed by atoms with E-state index in [0.717, 1.165) is 36.1 Å². The number of nitrogens with one attached hydrogen (secondary N) is 2. The summed E-state index contributed by atoms with van der Waals surface area (Å²) in [5.41, 5.74) is 1.19. The summed E-state index contributed by atoms with van der Waals surface area (Å²) in [6.07, 6.45) is 3.85. The molecule has 0 radical (unpaired) electrons. The maximum Gasteiger partial charge on any atom is 0.191 e. The van der Waals surface area contributed by atoms with Crippen molar-refractivity contribution < 1.29 is 4.74 Å². The van der Waals surface area contributed by atoms with Crippen LogP contribution in [0.4, 0.5) is 0 Å². The lowest BCUT2D eigenvalue weighted by Crippen LogP contribution is -2.37. The molecule has 5 nitrogen and oxygen atoms in total. The zero-order chi connectivity index (χ0) is 16.5. The second-order valence-electron chi connectivity index (χ2n) is 4.99. The van der Waals surface area contributed by atoms with Crippen LogP contribution in [0.1, 0.15) is 22.4 Å². The second kappa shape index (κ2) is 11.2. The van der Waals surface area contributed by atoms with Gasteiger partial charge in [0.2, 0.25) is 0 Å². The topological polar surface area (TPSA) is 58.5 Å². The van der Waals surface area contributed by atoms with Crippen LogP contribution in [-0.2, 0) is 19.4 Å². The number of para-hydroxylation sites is 1. The first-order valence-corrected chi connectivity index (χ1v) is 8.58. The van der Waals surface area contributed by atoms with E-state index in [-0.39, 0.29) is 24.0 Å². The number of thiazole rings is 1. The highest BCUT2D eigenvalue weighted by Crippen LogP contribution is 2.17. The molecule has 0 aliphatic heterocycles. The van der Waals surface area contributed by atoms with Crippen LogP contribution in [0.2, 0.25) is 0 Å². The number of ether oxygens (including phenoxy) is 1. The van der Waals surface area contributed by atoms with Gasteiger partial charge in [0.05, 0.1) is 13.7 Å². The van der Waals surface area contributed by atoms with Gasteiger partial charge in [-0.15, -0.1) is 35.3 Å². The molecule has 24 heavy (non-hydrogen) atoms. The minimum absolute atomic E-state index is 0. The van der Waals surface area contributed by atoms with E-state index in [1.54, 1.807) is 25.5 Å². The number of guanidine groups is 1. The van der Waals surface area contributed by atoms with Gasteiger partial charge in [-0.3, -0.25) is 4.99 Å². The first-order chi connectivity index (χ1) is 11.3. The highest BCUT2D eigenvalue weighted by atomic mass is 127. The van der Waals surface area contributed by atoms with Crippen LogP contribution < -0.4 is 15.4 Å². The summed E-state index contributed by atoms with van der Waals surface area (Å²) in [4.78, 5) is 9.95. The molecule has 1 aromatic heterocycles. The summed E-state index contributed by atoms with van der Waals surface area (Å²) < 4.78 is 5.37.